The van der Waals surface area contributed by atoms with Crippen molar-refractivity contribution in [2.45, 2.75) is 47.1 Å². The van der Waals surface area contributed by atoms with Crippen LogP contribution in [-0.4, -0.2) is 57.3 Å². The van der Waals surface area contributed by atoms with Gasteiger partial charge in [-0.2, -0.15) is 0 Å². The number of fused-ring (bicyclic) bond motifs is 1. The summed E-state index contributed by atoms with van der Waals surface area (Å²) in [5, 5.41) is 0. The second-order valence-corrected chi connectivity index (χ2v) is 8.86. The molecule has 1 saturated heterocycles. The molecule has 0 spiro atoms. The van der Waals surface area contributed by atoms with Crippen LogP contribution < -0.4 is 0 Å². The summed E-state index contributed by atoms with van der Waals surface area (Å²) in [7, 11) is 0. The van der Waals surface area contributed by atoms with E-state index in [0.717, 1.165) is 11.0 Å². The summed E-state index contributed by atoms with van der Waals surface area (Å²) < 4.78 is 2.10. The Labute approximate surface area is 161 Å². The fourth-order valence-corrected chi connectivity index (χ4v) is 3.48. The third kappa shape index (κ3) is 4.31. The molecule has 1 fully saturated rings. The van der Waals surface area contributed by atoms with Gasteiger partial charge in [-0.15, -0.1) is 0 Å². The third-order valence-electron chi connectivity index (χ3n) is 4.98. The number of benzene rings is 1. The van der Waals surface area contributed by atoms with Crippen molar-refractivity contribution in [2.75, 3.05) is 26.2 Å². The molecule has 1 aromatic heterocycles. The van der Waals surface area contributed by atoms with Gasteiger partial charge in [-0.25, -0.2) is 4.98 Å². The molecule has 2 heterocycles. The molecule has 1 aromatic carbocycles. The molecule has 2 aromatic rings. The van der Waals surface area contributed by atoms with E-state index in [1.54, 1.807) is 0 Å². The first-order valence-electron chi connectivity index (χ1n) is 9.69. The molecular formula is C21H30N4O2. The zero-order valence-electron chi connectivity index (χ0n) is 17.0. The minimum atomic E-state index is -0.0150. The van der Waals surface area contributed by atoms with E-state index in [2.05, 4.69) is 44.2 Å². The summed E-state index contributed by atoms with van der Waals surface area (Å²) in [5.74, 6) is 0.189. The Kier molecular flexibility index (Phi) is 5.27. The number of nitrogens with zero attached hydrogens (tertiary/aromatic N) is 4. The molecule has 0 saturated carbocycles. The fourth-order valence-electron chi connectivity index (χ4n) is 3.48. The Bertz CT molecular complexity index is 839. The molecule has 0 aliphatic carbocycles. The van der Waals surface area contributed by atoms with Gasteiger partial charge in [-0.05, 0) is 37.5 Å². The average molecular weight is 370 g/mol. The predicted molar refractivity (Wildman–Crippen MR) is 107 cm³/mol. The molecule has 0 unspecified atom stereocenters. The van der Waals surface area contributed by atoms with Crippen molar-refractivity contribution in [3.05, 3.63) is 30.1 Å². The molecule has 3 rings (SSSR count). The van der Waals surface area contributed by atoms with Crippen molar-refractivity contribution in [3.8, 4) is 0 Å². The molecule has 146 valence electrons. The monoisotopic (exact) mass is 370 g/mol. The Morgan fingerprint density at radius 2 is 1.70 bits per heavy atom. The molecule has 2 amide bonds. The number of rotatable bonds is 3. The zero-order valence-corrected chi connectivity index (χ0v) is 17.0. The fraction of sp³-hybridized carbons (Fsp3) is 0.571. The van der Waals surface area contributed by atoms with E-state index in [1.165, 1.54) is 0 Å². The van der Waals surface area contributed by atoms with Crippen molar-refractivity contribution >= 4 is 22.8 Å². The summed E-state index contributed by atoms with van der Waals surface area (Å²) in [5.41, 5.74) is 2.53. The van der Waals surface area contributed by atoms with Crippen LogP contribution in [0.3, 0.4) is 0 Å². The van der Waals surface area contributed by atoms with Gasteiger partial charge >= 0.3 is 0 Å². The Morgan fingerprint density at radius 3 is 2.30 bits per heavy atom. The quantitative estimate of drug-likeness (QED) is 0.833. The molecule has 0 atom stereocenters. The van der Waals surface area contributed by atoms with Crippen molar-refractivity contribution in [1.29, 1.82) is 0 Å². The standard InChI is InChI=1S/C21H30N4O2/c1-15(2)25-14-22-17-12-16(6-7-18(17)25)20(27)24-10-8-23(9-11-24)19(26)13-21(3,4)5/h6-7,12,14-15H,8-11,13H2,1-5H3. The van der Waals surface area contributed by atoms with E-state index in [9.17, 15) is 9.59 Å². The van der Waals surface area contributed by atoms with Gasteiger partial charge in [-0.3, -0.25) is 9.59 Å². The van der Waals surface area contributed by atoms with Gasteiger partial charge < -0.3 is 14.4 Å². The van der Waals surface area contributed by atoms with E-state index < -0.39 is 0 Å². The van der Waals surface area contributed by atoms with Crippen LogP contribution >= 0.6 is 0 Å². The highest BCUT2D eigenvalue weighted by molar-refractivity contribution is 5.97. The number of carbonyl (C=O) groups excluding carboxylic acids is 2. The van der Waals surface area contributed by atoms with Crippen LogP contribution in [0.1, 0.15) is 57.4 Å². The van der Waals surface area contributed by atoms with Gasteiger partial charge in [-0.1, -0.05) is 20.8 Å². The summed E-state index contributed by atoms with van der Waals surface area (Å²) in [6, 6.07) is 6.05. The highest BCUT2D eigenvalue weighted by Gasteiger charge is 2.27. The van der Waals surface area contributed by atoms with Crippen molar-refractivity contribution in [3.63, 3.8) is 0 Å². The van der Waals surface area contributed by atoms with E-state index in [-0.39, 0.29) is 17.2 Å². The van der Waals surface area contributed by atoms with Gasteiger partial charge in [0.1, 0.15) is 0 Å². The first-order chi connectivity index (χ1) is 12.7. The second-order valence-electron chi connectivity index (χ2n) is 8.86. The Morgan fingerprint density at radius 1 is 1.07 bits per heavy atom. The lowest BCUT2D eigenvalue weighted by Gasteiger charge is -2.36. The van der Waals surface area contributed by atoms with Crippen molar-refractivity contribution in [2.24, 2.45) is 5.41 Å². The van der Waals surface area contributed by atoms with Crippen LogP contribution in [0, 0.1) is 5.41 Å². The average Bonchev–Trinajstić information content (AvgIpc) is 3.03. The van der Waals surface area contributed by atoms with Crippen molar-refractivity contribution in [1.82, 2.24) is 19.4 Å². The van der Waals surface area contributed by atoms with E-state index in [1.807, 2.05) is 34.3 Å². The van der Waals surface area contributed by atoms with Crippen LogP contribution in [0.25, 0.3) is 11.0 Å². The van der Waals surface area contributed by atoms with Gasteiger partial charge in [0.15, 0.2) is 0 Å². The Balaban J connectivity index is 1.66. The number of hydrogen-bond acceptors (Lipinski definition) is 3. The van der Waals surface area contributed by atoms with E-state index >= 15 is 0 Å². The van der Waals surface area contributed by atoms with Crippen LogP contribution in [0.4, 0.5) is 0 Å². The van der Waals surface area contributed by atoms with Crippen LogP contribution in [0.2, 0.25) is 0 Å². The molecule has 1 aliphatic rings. The second kappa shape index (κ2) is 7.33. The summed E-state index contributed by atoms with van der Waals surface area (Å²) >= 11 is 0. The predicted octanol–water partition coefficient (Wildman–Crippen LogP) is 3.34. The maximum Gasteiger partial charge on any atom is 0.254 e. The van der Waals surface area contributed by atoms with Crippen LogP contribution in [0.5, 0.6) is 0 Å². The number of aromatic nitrogens is 2. The number of imidazole rings is 1. The van der Waals surface area contributed by atoms with Crippen LogP contribution in [0.15, 0.2) is 24.5 Å². The maximum atomic E-state index is 12.9. The van der Waals surface area contributed by atoms with E-state index in [0.29, 0.717) is 44.2 Å². The minimum absolute atomic E-state index is 0.0129. The Hall–Kier alpha value is -2.37. The number of carbonyl (C=O) groups is 2. The summed E-state index contributed by atoms with van der Waals surface area (Å²) in [4.78, 5) is 33.4. The largest absolute Gasteiger partial charge is 0.339 e. The lowest BCUT2D eigenvalue weighted by Crippen LogP contribution is -2.51. The normalized spacial score (nSPS) is 15.6. The lowest BCUT2D eigenvalue weighted by molar-refractivity contribution is -0.134. The molecule has 6 nitrogen and oxygen atoms in total. The molecule has 0 radical (unpaired) electrons. The molecular weight excluding hydrogens is 340 g/mol. The highest BCUT2D eigenvalue weighted by atomic mass is 16.2. The molecule has 6 heteroatoms. The van der Waals surface area contributed by atoms with Gasteiger partial charge in [0.25, 0.3) is 5.91 Å². The minimum Gasteiger partial charge on any atom is -0.339 e. The highest BCUT2D eigenvalue weighted by Crippen LogP contribution is 2.22. The topological polar surface area (TPSA) is 58.4 Å². The maximum absolute atomic E-state index is 12.9. The zero-order chi connectivity index (χ0) is 19.8. The van der Waals surface area contributed by atoms with E-state index in [4.69, 9.17) is 0 Å². The third-order valence-corrected chi connectivity index (χ3v) is 4.98. The summed E-state index contributed by atoms with van der Waals surface area (Å²) in [6.07, 6.45) is 2.36. The number of hydrogen-bond donors (Lipinski definition) is 0. The van der Waals surface area contributed by atoms with Crippen LogP contribution in [-0.2, 0) is 4.79 Å². The smallest absolute Gasteiger partial charge is 0.254 e. The molecule has 27 heavy (non-hydrogen) atoms. The molecule has 0 bridgehead atoms. The van der Waals surface area contributed by atoms with Gasteiger partial charge in [0, 0.05) is 44.2 Å². The lowest BCUT2D eigenvalue weighted by atomic mass is 9.91. The SMILES string of the molecule is CC(C)n1cnc2cc(C(=O)N3CCN(C(=O)CC(C)(C)C)CC3)ccc21. The molecule has 0 N–H and O–H groups in total. The first kappa shape index (κ1) is 19.4. The first-order valence-corrected chi connectivity index (χ1v) is 9.69. The summed E-state index contributed by atoms with van der Waals surface area (Å²) in [6.45, 7) is 12.8. The number of piperazine rings is 1. The van der Waals surface area contributed by atoms with Gasteiger partial charge in [0.05, 0.1) is 17.4 Å². The molecule has 1 aliphatic heterocycles. The van der Waals surface area contributed by atoms with Gasteiger partial charge in [0.2, 0.25) is 5.91 Å². The van der Waals surface area contributed by atoms with Crippen molar-refractivity contribution < 1.29 is 9.59 Å². The number of amides is 2.